The molecule has 0 aromatic carbocycles. The predicted molar refractivity (Wildman–Crippen MR) is 81.8 cm³/mol. The highest BCUT2D eigenvalue weighted by atomic mass is 35.5. The number of nitrogens with zero attached hydrogens (tertiary/aromatic N) is 2. The van der Waals surface area contributed by atoms with Crippen molar-refractivity contribution in [2.24, 2.45) is 0 Å². The number of nitrogens with one attached hydrogen (secondary N) is 1. The van der Waals surface area contributed by atoms with Gasteiger partial charge in [-0.05, 0) is 38.3 Å². The smallest absolute Gasteiger partial charge is 0.274 e. The van der Waals surface area contributed by atoms with Gasteiger partial charge in [-0.2, -0.15) is 0 Å². The second kappa shape index (κ2) is 6.20. The van der Waals surface area contributed by atoms with Gasteiger partial charge in [-0.15, -0.1) is 0 Å². The van der Waals surface area contributed by atoms with Crippen molar-refractivity contribution >= 4 is 23.3 Å². The quantitative estimate of drug-likeness (QED) is 0.932. The summed E-state index contributed by atoms with van der Waals surface area (Å²) in [6.07, 6.45) is 3.32. The zero-order valence-electron chi connectivity index (χ0n) is 12.1. The van der Waals surface area contributed by atoms with Gasteiger partial charge in [-0.25, -0.2) is 4.98 Å². The fraction of sp³-hybridized carbons (Fsp3) is 0.600. The van der Waals surface area contributed by atoms with Crippen LogP contribution in [-0.2, 0) is 4.74 Å². The summed E-state index contributed by atoms with van der Waals surface area (Å²) in [5, 5.41) is 3.52. The molecule has 3 rings (SSSR count). The third kappa shape index (κ3) is 2.85. The van der Waals surface area contributed by atoms with Gasteiger partial charge in [0.2, 0.25) is 0 Å². The Morgan fingerprint density at radius 1 is 1.52 bits per heavy atom. The average Bonchev–Trinajstić information content (AvgIpc) is 2.97. The number of aromatic nitrogens is 1. The van der Waals surface area contributed by atoms with Gasteiger partial charge in [-0.3, -0.25) is 4.79 Å². The molecular formula is C15H20ClN3O2. The number of fused-ring (bicyclic) bond motifs is 1. The molecule has 114 valence electrons. The van der Waals surface area contributed by atoms with Crippen LogP contribution in [0, 0.1) is 0 Å². The van der Waals surface area contributed by atoms with Crippen molar-refractivity contribution in [2.45, 2.75) is 38.3 Å². The zero-order valence-corrected chi connectivity index (χ0v) is 12.9. The highest BCUT2D eigenvalue weighted by Crippen LogP contribution is 2.31. The molecule has 5 nitrogen and oxygen atoms in total. The monoisotopic (exact) mass is 309 g/mol. The topological polar surface area (TPSA) is 54.5 Å². The first-order valence-electron chi connectivity index (χ1n) is 7.53. The fourth-order valence-electron chi connectivity index (χ4n) is 3.19. The van der Waals surface area contributed by atoms with Crippen molar-refractivity contribution in [1.82, 2.24) is 9.88 Å². The van der Waals surface area contributed by atoms with Crippen LogP contribution in [0.25, 0.3) is 0 Å². The molecule has 2 heterocycles. The van der Waals surface area contributed by atoms with E-state index in [0.29, 0.717) is 29.7 Å². The first kappa shape index (κ1) is 14.6. The lowest BCUT2D eigenvalue weighted by molar-refractivity contribution is -0.0447. The molecule has 1 amide bonds. The molecule has 1 aromatic heterocycles. The Balaban J connectivity index is 1.85. The van der Waals surface area contributed by atoms with E-state index >= 15 is 0 Å². The normalized spacial score (nSPS) is 24.8. The van der Waals surface area contributed by atoms with E-state index in [4.69, 9.17) is 16.3 Å². The number of ether oxygens (including phenoxy) is 1. The lowest BCUT2D eigenvalue weighted by Crippen LogP contribution is -2.51. The van der Waals surface area contributed by atoms with Crippen molar-refractivity contribution in [3.05, 3.63) is 22.8 Å². The summed E-state index contributed by atoms with van der Waals surface area (Å²) in [7, 11) is 0. The fourth-order valence-corrected chi connectivity index (χ4v) is 3.37. The van der Waals surface area contributed by atoms with E-state index in [-0.39, 0.29) is 18.1 Å². The summed E-state index contributed by atoms with van der Waals surface area (Å²) < 4.78 is 5.75. The van der Waals surface area contributed by atoms with Crippen molar-refractivity contribution in [2.75, 3.05) is 25.0 Å². The number of hydrogen-bond acceptors (Lipinski definition) is 4. The van der Waals surface area contributed by atoms with E-state index in [1.54, 1.807) is 12.1 Å². The summed E-state index contributed by atoms with van der Waals surface area (Å²) in [6.45, 7) is 3.95. The Bertz CT molecular complexity index is 538. The van der Waals surface area contributed by atoms with Crippen molar-refractivity contribution < 1.29 is 9.53 Å². The highest BCUT2D eigenvalue weighted by Gasteiger charge is 2.39. The molecule has 2 fully saturated rings. The lowest BCUT2D eigenvalue weighted by atomic mass is 10.1. The van der Waals surface area contributed by atoms with Crippen LogP contribution in [-0.4, -0.2) is 47.6 Å². The van der Waals surface area contributed by atoms with Gasteiger partial charge in [0.1, 0.15) is 11.5 Å². The van der Waals surface area contributed by atoms with Crippen molar-refractivity contribution in [1.29, 1.82) is 0 Å². The van der Waals surface area contributed by atoms with Gasteiger partial charge >= 0.3 is 0 Å². The lowest BCUT2D eigenvalue weighted by Gasteiger charge is -2.37. The van der Waals surface area contributed by atoms with Crippen LogP contribution in [0.4, 0.5) is 5.82 Å². The van der Waals surface area contributed by atoms with E-state index in [1.165, 1.54) is 0 Å². The van der Waals surface area contributed by atoms with Crippen LogP contribution in [0.5, 0.6) is 0 Å². The predicted octanol–water partition coefficient (Wildman–Crippen LogP) is 2.56. The number of pyridine rings is 1. The Morgan fingerprint density at radius 3 is 3.19 bits per heavy atom. The first-order valence-corrected chi connectivity index (χ1v) is 7.91. The van der Waals surface area contributed by atoms with E-state index in [1.807, 2.05) is 11.8 Å². The minimum Gasteiger partial charge on any atom is -0.374 e. The van der Waals surface area contributed by atoms with Crippen LogP contribution in [0.1, 0.15) is 36.7 Å². The number of morpholine rings is 1. The molecular weight excluding hydrogens is 290 g/mol. The Hall–Kier alpha value is -1.33. The number of anilines is 1. The molecule has 0 spiro atoms. The zero-order chi connectivity index (χ0) is 14.8. The number of rotatable bonds is 3. The molecule has 0 radical (unpaired) electrons. The van der Waals surface area contributed by atoms with Gasteiger partial charge in [0.05, 0.1) is 23.8 Å². The molecule has 1 aliphatic heterocycles. The maximum Gasteiger partial charge on any atom is 0.274 e. The molecule has 2 aliphatic rings. The Kier molecular flexibility index (Phi) is 4.31. The van der Waals surface area contributed by atoms with Crippen molar-refractivity contribution in [3.63, 3.8) is 0 Å². The van der Waals surface area contributed by atoms with Crippen LogP contribution in [0.3, 0.4) is 0 Å². The SMILES string of the molecule is CCNc1ccc(Cl)c(C(=O)N2CCOC3CCCC32)n1. The van der Waals surface area contributed by atoms with Gasteiger partial charge in [0, 0.05) is 13.1 Å². The first-order chi connectivity index (χ1) is 10.2. The van der Waals surface area contributed by atoms with Gasteiger partial charge in [-0.1, -0.05) is 11.6 Å². The maximum absolute atomic E-state index is 12.8. The number of halogens is 1. The van der Waals surface area contributed by atoms with E-state index in [0.717, 1.165) is 25.8 Å². The molecule has 6 heteroatoms. The average molecular weight is 310 g/mol. The number of carbonyl (C=O) groups excluding carboxylic acids is 1. The Labute approximate surface area is 129 Å². The summed E-state index contributed by atoms with van der Waals surface area (Å²) in [4.78, 5) is 19.1. The van der Waals surface area contributed by atoms with Crippen molar-refractivity contribution in [3.8, 4) is 0 Å². The highest BCUT2D eigenvalue weighted by molar-refractivity contribution is 6.33. The van der Waals surface area contributed by atoms with Crippen LogP contribution in [0.15, 0.2) is 12.1 Å². The molecule has 1 aliphatic carbocycles. The molecule has 2 unspecified atom stereocenters. The molecule has 1 N–H and O–H groups in total. The molecule has 1 aromatic rings. The standard InChI is InChI=1S/C15H20ClN3O2/c1-2-17-13-7-6-10(16)14(18-13)15(20)19-8-9-21-12-5-3-4-11(12)19/h6-7,11-12H,2-5,8-9H2,1H3,(H,17,18). The van der Waals surface area contributed by atoms with E-state index in [2.05, 4.69) is 10.3 Å². The second-order valence-electron chi connectivity index (χ2n) is 5.46. The number of carbonyl (C=O) groups is 1. The van der Waals surface area contributed by atoms with Crippen LogP contribution >= 0.6 is 11.6 Å². The molecule has 2 atom stereocenters. The second-order valence-corrected chi connectivity index (χ2v) is 5.87. The molecule has 21 heavy (non-hydrogen) atoms. The van der Waals surface area contributed by atoms with E-state index < -0.39 is 0 Å². The number of hydrogen-bond donors (Lipinski definition) is 1. The minimum atomic E-state index is -0.0834. The summed E-state index contributed by atoms with van der Waals surface area (Å²) >= 11 is 6.18. The van der Waals surface area contributed by atoms with Gasteiger partial charge in [0.25, 0.3) is 5.91 Å². The van der Waals surface area contributed by atoms with E-state index in [9.17, 15) is 4.79 Å². The minimum absolute atomic E-state index is 0.0834. The third-order valence-corrected chi connectivity index (χ3v) is 4.45. The molecule has 1 saturated heterocycles. The molecule has 0 bridgehead atoms. The largest absolute Gasteiger partial charge is 0.374 e. The summed E-state index contributed by atoms with van der Waals surface area (Å²) in [5.41, 5.74) is 0.336. The van der Waals surface area contributed by atoms with Crippen LogP contribution < -0.4 is 5.32 Å². The molecule has 1 saturated carbocycles. The van der Waals surface area contributed by atoms with Gasteiger partial charge < -0.3 is 15.0 Å². The number of amides is 1. The summed E-state index contributed by atoms with van der Waals surface area (Å²) in [6, 6.07) is 3.69. The third-order valence-electron chi connectivity index (χ3n) is 4.15. The Morgan fingerprint density at radius 2 is 2.38 bits per heavy atom. The van der Waals surface area contributed by atoms with Crippen LogP contribution in [0.2, 0.25) is 5.02 Å². The maximum atomic E-state index is 12.8. The summed E-state index contributed by atoms with van der Waals surface area (Å²) in [5.74, 6) is 0.599. The van der Waals surface area contributed by atoms with Gasteiger partial charge in [0.15, 0.2) is 0 Å².